The highest BCUT2D eigenvalue weighted by Crippen LogP contribution is 2.20. The van der Waals surface area contributed by atoms with Crippen LogP contribution in [0.25, 0.3) is 0 Å². The zero-order valence-electron chi connectivity index (χ0n) is 11.1. The molecule has 1 atom stereocenters. The Morgan fingerprint density at radius 1 is 1.50 bits per heavy atom. The Labute approximate surface area is 107 Å². The third-order valence-electron chi connectivity index (χ3n) is 3.15. The van der Waals surface area contributed by atoms with Gasteiger partial charge in [0.25, 0.3) is 0 Å². The first-order chi connectivity index (χ1) is 8.61. The summed E-state index contributed by atoms with van der Waals surface area (Å²) in [5.41, 5.74) is 6.99. The van der Waals surface area contributed by atoms with E-state index in [4.69, 9.17) is 10.2 Å². The van der Waals surface area contributed by atoms with Gasteiger partial charge in [0.2, 0.25) is 0 Å². The molecular formula is C13H20N4O. The van der Waals surface area contributed by atoms with Crippen molar-refractivity contribution in [1.82, 2.24) is 14.5 Å². The lowest BCUT2D eigenvalue weighted by atomic mass is 10.2. The molecule has 0 aromatic carbocycles. The van der Waals surface area contributed by atoms with E-state index in [-0.39, 0.29) is 6.04 Å². The number of hydrogen-bond donors (Lipinski definition) is 1. The molecular weight excluding hydrogens is 228 g/mol. The topological polar surface area (TPSA) is 60.2 Å². The predicted octanol–water partition coefficient (Wildman–Crippen LogP) is 1.45. The molecule has 0 radical (unpaired) electrons. The molecule has 2 N–H and O–H groups in total. The lowest BCUT2D eigenvalue weighted by Gasteiger charge is -2.26. The molecule has 0 fully saturated rings. The molecule has 0 aliphatic carbocycles. The van der Waals surface area contributed by atoms with Gasteiger partial charge in [-0.3, -0.25) is 4.90 Å². The van der Waals surface area contributed by atoms with Gasteiger partial charge in [0.1, 0.15) is 11.5 Å². The maximum absolute atomic E-state index is 5.88. The summed E-state index contributed by atoms with van der Waals surface area (Å²) in [6.45, 7) is 3.24. The van der Waals surface area contributed by atoms with E-state index in [2.05, 4.69) is 9.88 Å². The number of aryl methyl sites for hydroxylation is 2. The van der Waals surface area contributed by atoms with Crippen LogP contribution < -0.4 is 5.73 Å². The van der Waals surface area contributed by atoms with Crippen molar-refractivity contribution in [3.05, 3.63) is 41.9 Å². The van der Waals surface area contributed by atoms with E-state index in [1.807, 2.05) is 43.9 Å². The summed E-state index contributed by atoms with van der Waals surface area (Å²) < 4.78 is 7.59. The van der Waals surface area contributed by atoms with Crippen LogP contribution in [0.2, 0.25) is 0 Å². The maximum atomic E-state index is 5.88. The van der Waals surface area contributed by atoms with Crippen LogP contribution in [0.4, 0.5) is 0 Å². The van der Waals surface area contributed by atoms with Gasteiger partial charge in [-0.25, -0.2) is 4.98 Å². The summed E-state index contributed by atoms with van der Waals surface area (Å²) in [6.07, 6.45) is 3.66. The number of rotatable bonds is 5. The Morgan fingerprint density at radius 3 is 2.78 bits per heavy atom. The zero-order valence-corrected chi connectivity index (χ0v) is 11.1. The second-order valence-electron chi connectivity index (χ2n) is 4.61. The maximum Gasteiger partial charge on any atom is 0.118 e. The van der Waals surface area contributed by atoms with E-state index in [0.717, 1.165) is 23.8 Å². The molecule has 0 amide bonds. The molecule has 0 aliphatic rings. The molecule has 0 spiro atoms. The number of furan rings is 1. The molecule has 2 aromatic heterocycles. The van der Waals surface area contributed by atoms with E-state index >= 15 is 0 Å². The van der Waals surface area contributed by atoms with E-state index in [9.17, 15) is 0 Å². The minimum atomic E-state index is 0.142. The Morgan fingerprint density at radius 2 is 2.28 bits per heavy atom. The van der Waals surface area contributed by atoms with Gasteiger partial charge in [0, 0.05) is 19.8 Å². The van der Waals surface area contributed by atoms with Crippen LogP contribution in [0.15, 0.2) is 29.1 Å². The highest BCUT2D eigenvalue weighted by Gasteiger charge is 2.19. The standard InChI is InChI=1S/C13H20N4O/c1-10-4-5-11(18-10)8-16(2)12(6-14)13-7-15-9-17(13)3/h4-5,7,9,12H,6,8,14H2,1-3H3. The van der Waals surface area contributed by atoms with Crippen molar-refractivity contribution in [3.63, 3.8) is 0 Å². The van der Waals surface area contributed by atoms with Crippen LogP contribution in [0, 0.1) is 6.92 Å². The van der Waals surface area contributed by atoms with Crippen molar-refractivity contribution in [2.24, 2.45) is 12.8 Å². The number of aromatic nitrogens is 2. The molecule has 5 heteroatoms. The molecule has 0 aliphatic heterocycles. The average Bonchev–Trinajstić information content (AvgIpc) is 2.90. The molecule has 0 saturated heterocycles. The summed E-state index contributed by atoms with van der Waals surface area (Å²) in [5.74, 6) is 1.89. The third kappa shape index (κ3) is 2.63. The number of imidazole rings is 1. The molecule has 1 unspecified atom stereocenters. The molecule has 98 valence electrons. The van der Waals surface area contributed by atoms with Crippen LogP contribution in [0.1, 0.15) is 23.3 Å². The summed E-state index contributed by atoms with van der Waals surface area (Å²) in [7, 11) is 4.03. The van der Waals surface area contributed by atoms with Gasteiger partial charge in [-0.2, -0.15) is 0 Å². The van der Waals surface area contributed by atoms with Crippen LogP contribution in [-0.2, 0) is 13.6 Å². The van der Waals surface area contributed by atoms with Crippen LogP contribution >= 0.6 is 0 Å². The fraction of sp³-hybridized carbons (Fsp3) is 0.462. The van der Waals surface area contributed by atoms with Gasteiger partial charge in [0.05, 0.1) is 24.6 Å². The van der Waals surface area contributed by atoms with E-state index in [1.54, 1.807) is 6.33 Å². The van der Waals surface area contributed by atoms with Gasteiger partial charge in [0.15, 0.2) is 0 Å². The van der Waals surface area contributed by atoms with Gasteiger partial charge in [-0.15, -0.1) is 0 Å². The normalized spacial score (nSPS) is 13.2. The number of nitrogens with zero attached hydrogens (tertiary/aromatic N) is 3. The fourth-order valence-electron chi connectivity index (χ4n) is 2.14. The first kappa shape index (κ1) is 12.9. The van der Waals surface area contributed by atoms with Gasteiger partial charge >= 0.3 is 0 Å². The van der Waals surface area contributed by atoms with Gasteiger partial charge < -0.3 is 14.7 Å². The second kappa shape index (κ2) is 5.37. The molecule has 2 heterocycles. The number of hydrogen-bond acceptors (Lipinski definition) is 4. The fourth-order valence-corrected chi connectivity index (χ4v) is 2.14. The minimum Gasteiger partial charge on any atom is -0.465 e. The van der Waals surface area contributed by atoms with Crippen molar-refractivity contribution in [3.8, 4) is 0 Å². The number of likely N-dealkylation sites (N-methyl/N-ethyl adjacent to an activating group) is 1. The van der Waals surface area contributed by atoms with Crippen LogP contribution in [-0.4, -0.2) is 28.0 Å². The first-order valence-electron chi connectivity index (χ1n) is 6.03. The van der Waals surface area contributed by atoms with Crippen LogP contribution in [0.5, 0.6) is 0 Å². The quantitative estimate of drug-likeness (QED) is 0.870. The Bertz CT molecular complexity index is 503. The van der Waals surface area contributed by atoms with Crippen molar-refractivity contribution >= 4 is 0 Å². The monoisotopic (exact) mass is 248 g/mol. The predicted molar refractivity (Wildman–Crippen MR) is 69.9 cm³/mol. The minimum absolute atomic E-state index is 0.142. The van der Waals surface area contributed by atoms with Crippen molar-refractivity contribution in [2.75, 3.05) is 13.6 Å². The summed E-state index contributed by atoms with van der Waals surface area (Å²) >= 11 is 0. The van der Waals surface area contributed by atoms with Gasteiger partial charge in [-0.05, 0) is 26.1 Å². The zero-order chi connectivity index (χ0) is 13.1. The Kier molecular flexibility index (Phi) is 3.84. The smallest absolute Gasteiger partial charge is 0.118 e. The second-order valence-corrected chi connectivity index (χ2v) is 4.61. The first-order valence-corrected chi connectivity index (χ1v) is 6.03. The Hall–Kier alpha value is -1.59. The number of nitrogens with two attached hydrogens (primary N) is 1. The lowest BCUT2D eigenvalue weighted by Crippen LogP contribution is -2.31. The van der Waals surface area contributed by atoms with E-state index < -0.39 is 0 Å². The van der Waals surface area contributed by atoms with E-state index in [1.165, 1.54) is 0 Å². The molecule has 0 bridgehead atoms. The Balaban J connectivity index is 2.11. The molecule has 5 nitrogen and oxygen atoms in total. The van der Waals surface area contributed by atoms with Crippen molar-refractivity contribution < 1.29 is 4.42 Å². The SMILES string of the molecule is Cc1ccc(CN(C)C(CN)c2cncn2C)o1. The van der Waals surface area contributed by atoms with E-state index in [0.29, 0.717) is 6.54 Å². The summed E-state index contributed by atoms with van der Waals surface area (Å²) in [6, 6.07) is 4.12. The molecule has 2 rings (SSSR count). The van der Waals surface area contributed by atoms with Gasteiger partial charge in [-0.1, -0.05) is 0 Å². The van der Waals surface area contributed by atoms with Crippen molar-refractivity contribution in [2.45, 2.75) is 19.5 Å². The highest BCUT2D eigenvalue weighted by molar-refractivity contribution is 5.09. The van der Waals surface area contributed by atoms with Crippen molar-refractivity contribution in [1.29, 1.82) is 0 Å². The third-order valence-corrected chi connectivity index (χ3v) is 3.15. The summed E-state index contributed by atoms with van der Waals surface area (Å²) in [5, 5.41) is 0. The van der Waals surface area contributed by atoms with Crippen LogP contribution in [0.3, 0.4) is 0 Å². The largest absolute Gasteiger partial charge is 0.465 e. The molecule has 0 saturated carbocycles. The average molecular weight is 248 g/mol. The molecule has 18 heavy (non-hydrogen) atoms. The summed E-state index contributed by atoms with van der Waals surface area (Å²) in [4.78, 5) is 6.32. The lowest BCUT2D eigenvalue weighted by molar-refractivity contribution is 0.215. The highest BCUT2D eigenvalue weighted by atomic mass is 16.3. The molecule has 2 aromatic rings.